The quantitative estimate of drug-likeness (QED) is 0.526. The van der Waals surface area contributed by atoms with Gasteiger partial charge < -0.3 is 9.30 Å². The van der Waals surface area contributed by atoms with E-state index in [9.17, 15) is 5.26 Å². The Labute approximate surface area is 152 Å². The lowest BCUT2D eigenvalue weighted by Gasteiger charge is -2.04. The molecule has 0 bridgehead atoms. The number of nitriles is 1. The van der Waals surface area contributed by atoms with Gasteiger partial charge in [-0.3, -0.25) is 0 Å². The fraction of sp³-hybridized carbons (Fsp3) is 0.0952. The molecule has 2 aromatic carbocycles. The average Bonchev–Trinajstić information content (AvgIpc) is 3.07. The van der Waals surface area contributed by atoms with Gasteiger partial charge in [-0.25, -0.2) is 0 Å². The van der Waals surface area contributed by atoms with Crippen LogP contribution in [0.25, 0.3) is 23.0 Å². The molecule has 0 unspecified atom stereocenters. The molecule has 0 fully saturated rings. The number of nitrogens with zero attached hydrogens (tertiary/aromatic N) is 4. The van der Waals surface area contributed by atoms with Crippen LogP contribution in [0.2, 0.25) is 0 Å². The van der Waals surface area contributed by atoms with Crippen molar-refractivity contribution < 1.29 is 4.74 Å². The SMILES string of the molecule is C#CCOc1ccc(/C=C(\C#N)c2nnc(-c3ccccc3)n2C)cc1. The van der Waals surface area contributed by atoms with E-state index in [0.717, 1.165) is 11.1 Å². The summed E-state index contributed by atoms with van der Waals surface area (Å²) in [7, 11) is 1.85. The average molecular weight is 340 g/mol. The van der Waals surface area contributed by atoms with Crippen LogP contribution in [0.15, 0.2) is 54.6 Å². The molecule has 0 saturated carbocycles. The Morgan fingerprint density at radius 1 is 1.15 bits per heavy atom. The van der Waals surface area contributed by atoms with Crippen LogP contribution in [0, 0.1) is 23.7 Å². The second-order valence-electron chi connectivity index (χ2n) is 5.50. The summed E-state index contributed by atoms with van der Waals surface area (Å²) < 4.78 is 7.16. The number of hydrogen-bond donors (Lipinski definition) is 0. The van der Waals surface area contributed by atoms with E-state index in [1.165, 1.54) is 0 Å². The Kier molecular flexibility index (Phi) is 5.12. The zero-order chi connectivity index (χ0) is 18.4. The summed E-state index contributed by atoms with van der Waals surface area (Å²) in [5.41, 5.74) is 2.24. The molecule has 1 heterocycles. The smallest absolute Gasteiger partial charge is 0.174 e. The van der Waals surface area contributed by atoms with Crippen molar-refractivity contribution in [2.24, 2.45) is 7.05 Å². The molecule has 126 valence electrons. The molecule has 26 heavy (non-hydrogen) atoms. The van der Waals surface area contributed by atoms with Crippen molar-refractivity contribution in [1.29, 1.82) is 5.26 Å². The molecule has 0 N–H and O–H groups in total. The molecule has 0 atom stereocenters. The van der Waals surface area contributed by atoms with Crippen LogP contribution in [-0.2, 0) is 7.05 Å². The molecule has 0 aliphatic rings. The Morgan fingerprint density at radius 3 is 2.54 bits per heavy atom. The second-order valence-corrected chi connectivity index (χ2v) is 5.50. The number of hydrogen-bond acceptors (Lipinski definition) is 4. The summed E-state index contributed by atoms with van der Waals surface area (Å²) >= 11 is 0. The summed E-state index contributed by atoms with van der Waals surface area (Å²) in [6, 6.07) is 19.3. The number of ether oxygens (including phenoxy) is 1. The normalized spacial score (nSPS) is 10.8. The highest BCUT2D eigenvalue weighted by Gasteiger charge is 2.14. The van der Waals surface area contributed by atoms with Crippen molar-refractivity contribution >= 4 is 11.6 Å². The maximum Gasteiger partial charge on any atom is 0.174 e. The first-order valence-electron chi connectivity index (χ1n) is 7.96. The summed E-state index contributed by atoms with van der Waals surface area (Å²) in [5, 5.41) is 18.0. The number of benzene rings is 2. The van der Waals surface area contributed by atoms with E-state index in [-0.39, 0.29) is 6.61 Å². The van der Waals surface area contributed by atoms with Gasteiger partial charge in [-0.2, -0.15) is 5.26 Å². The van der Waals surface area contributed by atoms with E-state index < -0.39 is 0 Å². The van der Waals surface area contributed by atoms with Gasteiger partial charge in [-0.15, -0.1) is 16.6 Å². The van der Waals surface area contributed by atoms with E-state index >= 15 is 0 Å². The summed E-state index contributed by atoms with van der Waals surface area (Å²) in [4.78, 5) is 0. The predicted molar refractivity (Wildman–Crippen MR) is 101 cm³/mol. The van der Waals surface area contributed by atoms with Crippen molar-refractivity contribution in [2.75, 3.05) is 6.61 Å². The molecule has 5 heteroatoms. The van der Waals surface area contributed by atoms with Gasteiger partial charge in [0.2, 0.25) is 0 Å². The first-order chi connectivity index (χ1) is 12.7. The molecular formula is C21H16N4O. The van der Waals surface area contributed by atoms with Gasteiger partial charge in [0.25, 0.3) is 0 Å². The molecule has 0 amide bonds. The van der Waals surface area contributed by atoms with E-state index in [1.807, 2.05) is 66.2 Å². The summed E-state index contributed by atoms with van der Waals surface area (Å²) in [6.07, 6.45) is 6.94. The zero-order valence-electron chi connectivity index (χ0n) is 14.3. The minimum absolute atomic E-state index is 0.222. The van der Waals surface area contributed by atoms with Gasteiger partial charge in [0.15, 0.2) is 11.6 Å². The van der Waals surface area contributed by atoms with Crippen LogP contribution >= 0.6 is 0 Å². The van der Waals surface area contributed by atoms with E-state index in [1.54, 1.807) is 6.08 Å². The maximum absolute atomic E-state index is 9.57. The third kappa shape index (κ3) is 3.63. The largest absolute Gasteiger partial charge is 0.481 e. The molecule has 1 aromatic heterocycles. The summed E-state index contributed by atoms with van der Waals surface area (Å²) in [6.45, 7) is 0.222. The molecule has 5 nitrogen and oxygen atoms in total. The molecular weight excluding hydrogens is 324 g/mol. The van der Waals surface area contributed by atoms with Gasteiger partial charge in [0.1, 0.15) is 18.4 Å². The van der Waals surface area contributed by atoms with Crippen LogP contribution in [0.5, 0.6) is 5.75 Å². The van der Waals surface area contributed by atoms with Crippen LogP contribution in [0.1, 0.15) is 11.4 Å². The van der Waals surface area contributed by atoms with Crippen molar-refractivity contribution in [2.45, 2.75) is 0 Å². The van der Waals surface area contributed by atoms with Gasteiger partial charge >= 0.3 is 0 Å². The second kappa shape index (κ2) is 7.83. The van der Waals surface area contributed by atoms with Gasteiger partial charge in [-0.1, -0.05) is 48.4 Å². The fourth-order valence-electron chi connectivity index (χ4n) is 2.50. The molecule has 0 saturated heterocycles. The Morgan fingerprint density at radius 2 is 1.88 bits per heavy atom. The van der Waals surface area contributed by atoms with E-state index in [2.05, 4.69) is 22.2 Å². The van der Waals surface area contributed by atoms with Crippen LogP contribution in [0.3, 0.4) is 0 Å². The monoisotopic (exact) mass is 340 g/mol. The predicted octanol–water partition coefficient (Wildman–Crippen LogP) is 3.56. The number of terminal acetylenes is 1. The first-order valence-corrected chi connectivity index (χ1v) is 7.96. The third-order valence-corrected chi connectivity index (χ3v) is 3.78. The van der Waals surface area contributed by atoms with E-state index in [4.69, 9.17) is 11.2 Å². The van der Waals surface area contributed by atoms with Crippen molar-refractivity contribution in [1.82, 2.24) is 14.8 Å². The van der Waals surface area contributed by atoms with Crippen LogP contribution in [0.4, 0.5) is 0 Å². The van der Waals surface area contributed by atoms with Crippen LogP contribution in [-0.4, -0.2) is 21.4 Å². The minimum atomic E-state index is 0.222. The number of allylic oxidation sites excluding steroid dienone is 1. The van der Waals surface area contributed by atoms with Gasteiger partial charge in [0, 0.05) is 12.6 Å². The molecule has 0 aliphatic carbocycles. The Hall–Kier alpha value is -3.83. The third-order valence-electron chi connectivity index (χ3n) is 3.78. The molecule has 3 rings (SSSR count). The van der Waals surface area contributed by atoms with Gasteiger partial charge in [0.05, 0.1) is 5.57 Å². The number of rotatable bonds is 5. The molecule has 0 aliphatic heterocycles. The number of aromatic nitrogens is 3. The van der Waals surface area contributed by atoms with Crippen LogP contribution < -0.4 is 4.74 Å². The van der Waals surface area contributed by atoms with Crippen molar-refractivity contribution in [3.63, 3.8) is 0 Å². The molecule has 0 radical (unpaired) electrons. The van der Waals surface area contributed by atoms with Gasteiger partial charge in [-0.05, 0) is 23.8 Å². The zero-order valence-corrected chi connectivity index (χ0v) is 14.3. The molecule has 0 spiro atoms. The summed E-state index contributed by atoms with van der Waals surface area (Å²) in [5.74, 6) is 4.33. The first kappa shape index (κ1) is 17.0. The lowest BCUT2D eigenvalue weighted by molar-refractivity contribution is 0.370. The maximum atomic E-state index is 9.57. The lowest BCUT2D eigenvalue weighted by Crippen LogP contribution is -1.98. The highest BCUT2D eigenvalue weighted by molar-refractivity contribution is 5.87. The highest BCUT2D eigenvalue weighted by Crippen LogP contribution is 2.22. The minimum Gasteiger partial charge on any atom is -0.481 e. The molecule has 3 aromatic rings. The van der Waals surface area contributed by atoms with Crippen molar-refractivity contribution in [3.8, 4) is 35.6 Å². The highest BCUT2D eigenvalue weighted by atomic mass is 16.5. The topological polar surface area (TPSA) is 63.7 Å². The lowest BCUT2D eigenvalue weighted by atomic mass is 10.1. The Balaban J connectivity index is 1.90. The van der Waals surface area contributed by atoms with Crippen molar-refractivity contribution in [3.05, 3.63) is 66.0 Å². The fourth-order valence-corrected chi connectivity index (χ4v) is 2.50. The Bertz CT molecular complexity index is 1000. The standard InChI is InChI=1S/C21H16N4O/c1-3-13-26-19-11-9-16(10-12-19)14-18(15-22)21-24-23-20(25(21)2)17-7-5-4-6-8-17/h1,4-12,14H,13H2,2H3/b18-14+. The van der Waals surface area contributed by atoms with E-state index in [0.29, 0.717) is 23.0 Å².